The summed E-state index contributed by atoms with van der Waals surface area (Å²) in [7, 11) is 0. The van der Waals surface area contributed by atoms with E-state index >= 15 is 0 Å². The Hall–Kier alpha value is -3.80. The number of anilines is 1. The highest BCUT2D eigenvalue weighted by Gasteiger charge is 2.25. The van der Waals surface area contributed by atoms with Gasteiger partial charge in [-0.15, -0.1) is 5.53 Å². The molecule has 2 amide bonds. The highest BCUT2D eigenvalue weighted by molar-refractivity contribution is 5.97. The van der Waals surface area contributed by atoms with E-state index in [-0.39, 0.29) is 24.2 Å². The molecule has 0 unspecified atom stereocenters. The summed E-state index contributed by atoms with van der Waals surface area (Å²) in [5.41, 5.74) is 10.9. The molecule has 0 radical (unpaired) electrons. The second-order valence-electron chi connectivity index (χ2n) is 11.5. The van der Waals surface area contributed by atoms with Gasteiger partial charge in [0.05, 0.1) is 25.3 Å². The van der Waals surface area contributed by atoms with Crippen LogP contribution < -0.4 is 26.3 Å². The van der Waals surface area contributed by atoms with E-state index in [0.29, 0.717) is 63.2 Å². The Kier molecular flexibility index (Phi) is 11.3. The zero-order valence-electron chi connectivity index (χ0n) is 25.7. The fraction of sp³-hybridized carbons (Fsp3) is 0.515. The van der Waals surface area contributed by atoms with Crippen molar-refractivity contribution in [2.24, 2.45) is 0 Å². The first kappa shape index (κ1) is 31.6. The van der Waals surface area contributed by atoms with Crippen LogP contribution in [0.3, 0.4) is 0 Å². The van der Waals surface area contributed by atoms with Gasteiger partial charge in [-0.05, 0) is 62.4 Å². The van der Waals surface area contributed by atoms with Gasteiger partial charge in [-0.2, -0.15) is 0 Å². The van der Waals surface area contributed by atoms with Gasteiger partial charge < -0.3 is 35.5 Å². The summed E-state index contributed by atoms with van der Waals surface area (Å²) >= 11 is 0. The van der Waals surface area contributed by atoms with Crippen LogP contribution in [0.4, 0.5) is 5.69 Å². The van der Waals surface area contributed by atoms with Crippen molar-refractivity contribution in [3.05, 3.63) is 59.3 Å². The number of phenolic OH excluding ortho intramolecular Hbond substituents is 1. The Morgan fingerprint density at radius 1 is 1.14 bits per heavy atom. The van der Waals surface area contributed by atoms with E-state index in [0.717, 1.165) is 42.6 Å². The number of carbonyl (C=O) groups is 2. The number of nitrogens with one attached hydrogen (secondary N) is 4. The zero-order valence-corrected chi connectivity index (χ0v) is 25.7. The predicted molar refractivity (Wildman–Crippen MR) is 170 cm³/mol. The standard InChI is InChI=1S/C33H46N6O5/c1-2-38-22-28(36-37-38)26-8-6-7-24(21-26)14-19-43-20-15-31(42)39(27-9-4-3-5-10-27)18-17-34-16-13-25-11-12-29(40)32-33(25)44-23-30(41)35-32/h6-8,11-12,21-22,27,34,36-37,40H,2-5,9-10,13-20,23H2,1H3,(H,35,41). The van der Waals surface area contributed by atoms with Crippen LogP contribution in [0.2, 0.25) is 0 Å². The zero-order chi connectivity index (χ0) is 30.7. The number of hydrogen-bond acceptors (Lipinski definition) is 9. The van der Waals surface area contributed by atoms with Gasteiger partial charge in [-0.3, -0.25) is 14.6 Å². The van der Waals surface area contributed by atoms with Crippen molar-refractivity contribution >= 4 is 23.2 Å². The van der Waals surface area contributed by atoms with Gasteiger partial charge in [0.15, 0.2) is 12.4 Å². The molecule has 0 aromatic heterocycles. The summed E-state index contributed by atoms with van der Waals surface area (Å²) in [6.45, 7) is 5.93. The first-order chi connectivity index (χ1) is 21.5. The molecule has 238 valence electrons. The SMILES string of the molecule is CCN1C=C(c2cccc(CCOCCC(=O)N(CCNCCc3ccc(O)c4c3OCC(=O)N4)C3CCCCC3)c2)NN1. The van der Waals surface area contributed by atoms with E-state index in [2.05, 4.69) is 63.9 Å². The van der Waals surface area contributed by atoms with E-state index in [1.54, 1.807) is 6.07 Å². The minimum Gasteiger partial charge on any atom is -0.506 e. The molecule has 1 aliphatic carbocycles. The highest BCUT2D eigenvalue weighted by Crippen LogP contribution is 2.39. The maximum Gasteiger partial charge on any atom is 0.262 e. The lowest BCUT2D eigenvalue weighted by Crippen LogP contribution is -2.45. The van der Waals surface area contributed by atoms with Crippen LogP contribution in [-0.2, 0) is 27.2 Å². The molecular formula is C33H46N6O5. The third-order valence-electron chi connectivity index (χ3n) is 8.46. The predicted octanol–water partition coefficient (Wildman–Crippen LogP) is 3.31. The number of fused-ring (bicyclic) bond motifs is 1. The molecule has 44 heavy (non-hydrogen) atoms. The number of ether oxygens (including phenoxy) is 2. The number of phenols is 1. The number of aromatic hydroxyl groups is 1. The summed E-state index contributed by atoms with van der Waals surface area (Å²) in [5.74, 6) is 0.412. The summed E-state index contributed by atoms with van der Waals surface area (Å²) in [6.07, 6.45) is 9.60. The van der Waals surface area contributed by atoms with Gasteiger partial charge in [-0.1, -0.05) is 43.5 Å². The van der Waals surface area contributed by atoms with Crippen LogP contribution in [0.15, 0.2) is 42.6 Å². The molecule has 2 aromatic rings. The molecule has 11 nitrogen and oxygen atoms in total. The largest absolute Gasteiger partial charge is 0.506 e. The van der Waals surface area contributed by atoms with Crippen LogP contribution in [0.25, 0.3) is 5.70 Å². The molecular weight excluding hydrogens is 560 g/mol. The van der Waals surface area contributed by atoms with Gasteiger partial charge >= 0.3 is 0 Å². The lowest BCUT2D eigenvalue weighted by Gasteiger charge is -2.34. The maximum atomic E-state index is 13.3. The smallest absolute Gasteiger partial charge is 0.262 e. The summed E-state index contributed by atoms with van der Waals surface area (Å²) < 4.78 is 11.5. The molecule has 1 saturated carbocycles. The Morgan fingerprint density at radius 2 is 2.00 bits per heavy atom. The maximum absolute atomic E-state index is 13.3. The molecule has 5 N–H and O–H groups in total. The molecule has 3 aliphatic rings. The minimum atomic E-state index is -0.275. The molecule has 0 saturated heterocycles. The molecule has 2 aromatic carbocycles. The number of carbonyl (C=O) groups excluding carboxylic acids is 2. The third-order valence-corrected chi connectivity index (χ3v) is 8.46. The molecule has 0 bridgehead atoms. The monoisotopic (exact) mass is 606 g/mol. The third kappa shape index (κ3) is 8.43. The molecule has 11 heteroatoms. The van der Waals surface area contributed by atoms with Crippen LogP contribution in [0.5, 0.6) is 11.5 Å². The molecule has 5 rings (SSSR count). The van der Waals surface area contributed by atoms with E-state index in [4.69, 9.17) is 9.47 Å². The van der Waals surface area contributed by atoms with Crippen molar-refractivity contribution in [2.75, 3.05) is 51.3 Å². The van der Waals surface area contributed by atoms with E-state index in [1.165, 1.54) is 24.8 Å². The average molecular weight is 607 g/mol. The molecule has 1 fully saturated rings. The molecule has 0 spiro atoms. The Bertz CT molecular complexity index is 1310. The topological polar surface area (TPSA) is 127 Å². The first-order valence-corrected chi connectivity index (χ1v) is 16.0. The van der Waals surface area contributed by atoms with Crippen molar-refractivity contribution in [3.8, 4) is 11.5 Å². The molecule has 0 atom stereocenters. The van der Waals surface area contributed by atoms with E-state index < -0.39 is 0 Å². The van der Waals surface area contributed by atoms with Crippen LogP contribution in [-0.4, -0.2) is 78.9 Å². The number of rotatable bonds is 15. The number of amides is 2. The van der Waals surface area contributed by atoms with Crippen molar-refractivity contribution in [3.63, 3.8) is 0 Å². The van der Waals surface area contributed by atoms with Crippen molar-refractivity contribution in [2.45, 2.75) is 64.3 Å². The highest BCUT2D eigenvalue weighted by atomic mass is 16.5. The summed E-state index contributed by atoms with van der Waals surface area (Å²) in [6, 6.07) is 12.1. The quantitative estimate of drug-likeness (QED) is 0.153. The van der Waals surface area contributed by atoms with Gasteiger partial charge in [0.1, 0.15) is 11.4 Å². The van der Waals surface area contributed by atoms with Crippen molar-refractivity contribution < 1.29 is 24.2 Å². The number of benzene rings is 2. The molecule has 2 aliphatic heterocycles. The van der Waals surface area contributed by atoms with Gasteiger partial charge in [0, 0.05) is 37.4 Å². The summed E-state index contributed by atoms with van der Waals surface area (Å²) in [4.78, 5) is 27.1. The van der Waals surface area contributed by atoms with E-state index in [9.17, 15) is 14.7 Å². The van der Waals surface area contributed by atoms with Crippen molar-refractivity contribution in [1.82, 2.24) is 26.2 Å². The van der Waals surface area contributed by atoms with Gasteiger partial charge in [-0.25, -0.2) is 0 Å². The lowest BCUT2D eigenvalue weighted by atomic mass is 9.94. The number of nitrogens with zero attached hydrogens (tertiary/aromatic N) is 2. The molecule has 2 heterocycles. The van der Waals surface area contributed by atoms with Crippen LogP contribution >= 0.6 is 0 Å². The summed E-state index contributed by atoms with van der Waals surface area (Å²) in [5, 5.41) is 18.2. The Balaban J connectivity index is 1.05. The number of hydrogen-bond donors (Lipinski definition) is 5. The lowest BCUT2D eigenvalue weighted by molar-refractivity contribution is -0.135. The average Bonchev–Trinajstić information content (AvgIpc) is 3.54. The van der Waals surface area contributed by atoms with E-state index in [1.807, 2.05) is 11.1 Å². The Morgan fingerprint density at radius 3 is 2.82 bits per heavy atom. The van der Waals surface area contributed by atoms with Crippen LogP contribution in [0, 0.1) is 0 Å². The fourth-order valence-corrected chi connectivity index (χ4v) is 6.02. The minimum absolute atomic E-state index is 0.000641. The van der Waals surface area contributed by atoms with Gasteiger partial charge in [0.25, 0.3) is 5.91 Å². The number of hydrazine groups is 2. The second-order valence-corrected chi connectivity index (χ2v) is 11.5. The first-order valence-electron chi connectivity index (χ1n) is 16.0. The fourth-order valence-electron chi connectivity index (χ4n) is 6.02. The Labute approximate surface area is 259 Å². The normalized spacial score (nSPS) is 16.5. The van der Waals surface area contributed by atoms with Gasteiger partial charge in [0.2, 0.25) is 5.91 Å². The van der Waals surface area contributed by atoms with Crippen molar-refractivity contribution in [1.29, 1.82) is 0 Å². The van der Waals surface area contributed by atoms with Crippen LogP contribution in [0.1, 0.15) is 62.1 Å². The second kappa shape index (κ2) is 15.8.